The van der Waals surface area contributed by atoms with Crippen molar-refractivity contribution >= 4 is 28.9 Å². The van der Waals surface area contributed by atoms with Gasteiger partial charge in [0.2, 0.25) is 5.16 Å². The summed E-state index contributed by atoms with van der Waals surface area (Å²) in [6, 6.07) is 21.2. The zero-order valence-corrected chi connectivity index (χ0v) is 16.7. The van der Waals surface area contributed by atoms with Crippen LogP contribution in [0, 0.1) is 11.3 Å². The van der Waals surface area contributed by atoms with Crippen molar-refractivity contribution in [3.8, 4) is 23.0 Å². The number of thioether (sulfide) groups is 1. The zero-order chi connectivity index (χ0) is 20.1. The second-order valence-corrected chi connectivity index (χ2v) is 7.80. The Labute approximate surface area is 175 Å². The number of tetrazole rings is 1. The number of benzene rings is 2. The van der Waals surface area contributed by atoms with Gasteiger partial charge in [0.25, 0.3) is 0 Å². The van der Waals surface area contributed by atoms with Crippen LogP contribution in [0.1, 0.15) is 10.9 Å². The molecule has 2 aromatic heterocycles. The molecule has 0 radical (unpaired) electrons. The van der Waals surface area contributed by atoms with Gasteiger partial charge in [-0.05, 0) is 22.6 Å². The molecule has 0 aliphatic rings. The van der Waals surface area contributed by atoms with E-state index in [0.717, 1.165) is 16.9 Å². The van der Waals surface area contributed by atoms with Crippen molar-refractivity contribution < 1.29 is 4.79 Å². The summed E-state index contributed by atoms with van der Waals surface area (Å²) < 4.78 is 1.57. The third-order valence-electron chi connectivity index (χ3n) is 4.07. The molecule has 9 heteroatoms. The molecule has 0 saturated heterocycles. The maximum atomic E-state index is 12.7. The Balaban J connectivity index is 1.47. The van der Waals surface area contributed by atoms with Gasteiger partial charge in [0.15, 0.2) is 11.7 Å². The largest absolute Gasteiger partial charge is 0.297 e. The fourth-order valence-electron chi connectivity index (χ4n) is 2.65. The molecule has 0 bridgehead atoms. The van der Waals surface area contributed by atoms with Crippen molar-refractivity contribution in [2.24, 2.45) is 0 Å². The summed E-state index contributed by atoms with van der Waals surface area (Å²) in [5.41, 5.74) is 2.52. The number of hydrogen-bond donors (Lipinski definition) is 0. The first-order valence-corrected chi connectivity index (χ1v) is 10.5. The summed E-state index contributed by atoms with van der Waals surface area (Å²) in [6.07, 6.45) is 0. The van der Waals surface area contributed by atoms with Gasteiger partial charge in [0, 0.05) is 10.9 Å². The molecule has 0 N–H and O–H groups in total. The van der Waals surface area contributed by atoms with E-state index in [-0.39, 0.29) is 11.5 Å². The molecule has 2 aromatic carbocycles. The van der Waals surface area contributed by atoms with E-state index in [2.05, 4.69) is 26.6 Å². The number of nitriles is 1. The predicted octanol–water partition coefficient (Wildman–Crippen LogP) is 3.75. The highest BCUT2D eigenvalue weighted by atomic mass is 32.2. The molecular formula is C20H14N6OS2. The topological polar surface area (TPSA) is 97.4 Å². The minimum Gasteiger partial charge on any atom is -0.297 e. The summed E-state index contributed by atoms with van der Waals surface area (Å²) in [5, 5.41) is 24.1. The van der Waals surface area contributed by atoms with E-state index in [9.17, 15) is 10.1 Å². The number of carbonyl (C=O) groups is 1. The molecule has 0 spiro atoms. The van der Waals surface area contributed by atoms with Crippen LogP contribution >= 0.6 is 23.1 Å². The first-order valence-electron chi connectivity index (χ1n) is 8.66. The molecule has 0 amide bonds. The lowest BCUT2D eigenvalue weighted by atomic mass is 10.1. The van der Waals surface area contributed by atoms with Crippen LogP contribution in [0.5, 0.6) is 0 Å². The Morgan fingerprint density at radius 3 is 2.59 bits per heavy atom. The summed E-state index contributed by atoms with van der Waals surface area (Å²) in [4.78, 5) is 17.2. The van der Waals surface area contributed by atoms with Crippen molar-refractivity contribution in [2.45, 2.75) is 11.1 Å². The van der Waals surface area contributed by atoms with Crippen LogP contribution in [-0.2, 0) is 4.79 Å². The van der Waals surface area contributed by atoms with Gasteiger partial charge in [0.1, 0.15) is 5.01 Å². The molecule has 1 atom stereocenters. The third kappa shape index (κ3) is 4.23. The minimum atomic E-state index is -0.911. The molecule has 0 fully saturated rings. The zero-order valence-electron chi connectivity index (χ0n) is 15.0. The lowest BCUT2D eigenvalue weighted by molar-refractivity contribution is -0.116. The van der Waals surface area contributed by atoms with E-state index in [1.807, 2.05) is 66.0 Å². The number of aromatic nitrogens is 5. The van der Waals surface area contributed by atoms with Crippen LogP contribution in [0.2, 0.25) is 0 Å². The van der Waals surface area contributed by atoms with Gasteiger partial charge < -0.3 is 0 Å². The van der Waals surface area contributed by atoms with Crippen LogP contribution in [-0.4, -0.2) is 36.7 Å². The van der Waals surface area contributed by atoms with E-state index < -0.39 is 5.92 Å². The van der Waals surface area contributed by atoms with E-state index >= 15 is 0 Å². The number of thiazole rings is 1. The Morgan fingerprint density at radius 2 is 1.86 bits per heavy atom. The fraction of sp³-hybridized carbons (Fsp3) is 0.100. The van der Waals surface area contributed by atoms with Crippen LogP contribution in [0.3, 0.4) is 0 Å². The number of para-hydroxylation sites is 1. The average Bonchev–Trinajstić information content (AvgIpc) is 3.44. The van der Waals surface area contributed by atoms with E-state index in [1.54, 1.807) is 4.68 Å². The second-order valence-electron chi connectivity index (χ2n) is 5.96. The lowest BCUT2D eigenvalue weighted by Crippen LogP contribution is -2.13. The first-order chi connectivity index (χ1) is 14.3. The molecule has 142 valence electrons. The Bertz CT molecular complexity index is 1150. The molecule has 2 heterocycles. The van der Waals surface area contributed by atoms with Crippen LogP contribution in [0.25, 0.3) is 16.9 Å². The first kappa shape index (κ1) is 19.0. The number of rotatable bonds is 7. The molecular weight excluding hydrogens is 404 g/mol. The van der Waals surface area contributed by atoms with E-state index in [0.29, 0.717) is 10.2 Å². The second kappa shape index (κ2) is 8.77. The molecule has 4 rings (SSSR count). The Hall–Kier alpha value is -3.35. The van der Waals surface area contributed by atoms with Gasteiger partial charge in [-0.1, -0.05) is 60.3 Å². The average molecular weight is 419 g/mol. The maximum Gasteiger partial charge on any atom is 0.214 e. The highest BCUT2D eigenvalue weighted by Gasteiger charge is 2.25. The molecule has 0 aliphatic heterocycles. The lowest BCUT2D eigenvalue weighted by Gasteiger charge is -2.06. The van der Waals surface area contributed by atoms with Crippen LogP contribution in [0.4, 0.5) is 0 Å². The monoisotopic (exact) mass is 418 g/mol. The summed E-state index contributed by atoms with van der Waals surface area (Å²) in [5.74, 6) is -1.06. The maximum absolute atomic E-state index is 12.7. The fourth-order valence-corrected chi connectivity index (χ4v) is 4.33. The van der Waals surface area contributed by atoms with Crippen LogP contribution < -0.4 is 0 Å². The van der Waals surface area contributed by atoms with Gasteiger partial charge in [-0.2, -0.15) is 9.94 Å². The molecule has 7 nitrogen and oxygen atoms in total. The summed E-state index contributed by atoms with van der Waals surface area (Å²) in [7, 11) is 0. The highest BCUT2D eigenvalue weighted by molar-refractivity contribution is 7.99. The van der Waals surface area contributed by atoms with Gasteiger partial charge in [-0.25, -0.2) is 4.98 Å². The quantitative estimate of drug-likeness (QED) is 0.422. The van der Waals surface area contributed by atoms with Crippen molar-refractivity contribution in [1.29, 1.82) is 5.26 Å². The standard InChI is InChI=1S/C20H14N6OS2/c21-11-16(19-22-17(12-28-19)14-7-3-1-4-8-14)18(27)13-29-20-23-24-25-26(20)15-9-5-2-6-10-15/h1-10,12,16H,13H2. The van der Waals surface area contributed by atoms with Crippen molar-refractivity contribution in [3.63, 3.8) is 0 Å². The molecule has 29 heavy (non-hydrogen) atoms. The minimum absolute atomic E-state index is 0.0751. The SMILES string of the molecule is N#CC(C(=O)CSc1nnnn1-c1ccccc1)c1nc(-c2ccccc2)cs1. The number of nitrogens with zero attached hydrogens (tertiary/aromatic N) is 6. The van der Waals surface area contributed by atoms with Crippen molar-refractivity contribution in [2.75, 3.05) is 5.75 Å². The highest BCUT2D eigenvalue weighted by Crippen LogP contribution is 2.28. The van der Waals surface area contributed by atoms with Crippen LogP contribution in [0.15, 0.2) is 71.2 Å². The molecule has 0 aliphatic carbocycles. The molecule has 1 unspecified atom stereocenters. The summed E-state index contributed by atoms with van der Waals surface area (Å²) in [6.45, 7) is 0. The number of hydrogen-bond acceptors (Lipinski definition) is 8. The van der Waals surface area contributed by atoms with Crippen molar-refractivity contribution in [1.82, 2.24) is 25.2 Å². The van der Waals surface area contributed by atoms with Gasteiger partial charge in [-0.15, -0.1) is 16.4 Å². The van der Waals surface area contributed by atoms with Crippen molar-refractivity contribution in [3.05, 3.63) is 71.1 Å². The number of Topliss-reactive ketones (excluding diaryl/α,β-unsaturated/α-hetero) is 1. The van der Waals surface area contributed by atoms with Gasteiger partial charge >= 0.3 is 0 Å². The van der Waals surface area contributed by atoms with Gasteiger partial charge in [-0.3, -0.25) is 4.79 Å². The van der Waals surface area contributed by atoms with E-state index in [4.69, 9.17) is 0 Å². The number of carbonyl (C=O) groups excluding carboxylic acids is 1. The Morgan fingerprint density at radius 1 is 1.14 bits per heavy atom. The molecule has 4 aromatic rings. The number of ketones is 1. The molecule has 0 saturated carbocycles. The smallest absolute Gasteiger partial charge is 0.214 e. The summed E-state index contributed by atoms with van der Waals surface area (Å²) >= 11 is 2.52. The third-order valence-corrected chi connectivity index (χ3v) is 5.93. The van der Waals surface area contributed by atoms with Gasteiger partial charge in [0.05, 0.1) is 23.2 Å². The normalized spacial score (nSPS) is 11.7. The Kier molecular flexibility index (Phi) is 5.74. The van der Waals surface area contributed by atoms with E-state index in [1.165, 1.54) is 23.1 Å². The predicted molar refractivity (Wildman–Crippen MR) is 111 cm³/mol.